The quantitative estimate of drug-likeness (QED) is 0.180. The lowest BCUT2D eigenvalue weighted by atomic mass is 9.99. The van der Waals surface area contributed by atoms with Gasteiger partial charge >= 0.3 is 24.2 Å². The largest absolute Gasteiger partial charge is 0.480 e. The highest BCUT2D eigenvalue weighted by Crippen LogP contribution is 2.44. The Labute approximate surface area is 237 Å². The van der Waals surface area contributed by atoms with Crippen molar-refractivity contribution in [2.24, 2.45) is 0 Å². The van der Waals surface area contributed by atoms with Gasteiger partial charge in [-0.25, -0.2) is 4.79 Å². The van der Waals surface area contributed by atoms with E-state index in [-0.39, 0.29) is 24.4 Å². The van der Waals surface area contributed by atoms with Crippen LogP contribution in [0.4, 0.5) is 23.7 Å². The second kappa shape index (κ2) is 12.1. The molecule has 1 aliphatic rings. The van der Waals surface area contributed by atoms with E-state index < -0.39 is 79.2 Å². The summed E-state index contributed by atoms with van der Waals surface area (Å²) in [4.78, 5) is 61.9. The van der Waals surface area contributed by atoms with Crippen molar-refractivity contribution in [2.75, 3.05) is 13.1 Å². The van der Waals surface area contributed by atoms with Gasteiger partial charge in [0.2, 0.25) is 4.75 Å². The van der Waals surface area contributed by atoms with Crippen LogP contribution < -0.4 is 0 Å². The monoisotopic (exact) mass is 607 g/mol. The van der Waals surface area contributed by atoms with Gasteiger partial charge in [0, 0.05) is 25.2 Å². The van der Waals surface area contributed by atoms with Crippen molar-refractivity contribution in [3.63, 3.8) is 0 Å². The van der Waals surface area contributed by atoms with E-state index in [1.807, 2.05) is 0 Å². The first kappa shape index (κ1) is 33.6. The number of ether oxygens (including phenoxy) is 1. The fourth-order valence-electron chi connectivity index (χ4n) is 4.24. The van der Waals surface area contributed by atoms with Crippen LogP contribution in [-0.2, 0) is 20.5 Å². The molecule has 0 saturated carbocycles. The summed E-state index contributed by atoms with van der Waals surface area (Å²) in [5.74, 6) is -5.09. The number of aliphatic carboxylic acids is 2. The number of halogens is 3. The van der Waals surface area contributed by atoms with Crippen LogP contribution in [0.1, 0.15) is 70.3 Å². The Morgan fingerprint density at radius 2 is 1.68 bits per heavy atom. The van der Waals surface area contributed by atoms with E-state index in [0.29, 0.717) is 32.4 Å². The van der Waals surface area contributed by atoms with E-state index >= 15 is 0 Å². The number of carbonyl (C=O) groups excluding carboxylic acids is 2. The van der Waals surface area contributed by atoms with Crippen LogP contribution in [0.3, 0.4) is 0 Å². The van der Waals surface area contributed by atoms with Gasteiger partial charge in [0.25, 0.3) is 11.6 Å². The highest BCUT2D eigenvalue weighted by atomic mass is 32.2. The number of hydrogen-bond donors (Lipinski definition) is 2. The van der Waals surface area contributed by atoms with Crippen molar-refractivity contribution in [3.05, 3.63) is 33.4 Å². The molecule has 1 heterocycles. The van der Waals surface area contributed by atoms with Gasteiger partial charge in [0.05, 0.1) is 27.0 Å². The second-order valence-corrected chi connectivity index (χ2v) is 12.4. The normalized spacial score (nSPS) is 16.3. The molecule has 16 heteroatoms. The number of amides is 2. The molecule has 0 bridgehead atoms. The van der Waals surface area contributed by atoms with Crippen LogP contribution in [0.2, 0.25) is 0 Å². The summed E-state index contributed by atoms with van der Waals surface area (Å²) in [5.41, 5.74) is -4.54. The lowest BCUT2D eigenvalue weighted by Gasteiger charge is -2.41. The molecule has 1 fully saturated rings. The molecule has 12 nitrogen and oxygen atoms in total. The number of likely N-dealkylation sites (tertiary alicyclic amines) is 1. The van der Waals surface area contributed by atoms with Crippen molar-refractivity contribution < 1.29 is 52.2 Å². The SMILES string of the molecule is CC(C)N(C(=O)c1cc([N+](=O)[O-])c(SC(C)(C(=O)O)C(=O)O)cc1C(F)(F)F)[C@@H]1CCCN(C(=O)OC(C)(C)C)C1. The smallest absolute Gasteiger partial charge is 0.417 e. The Hall–Kier alpha value is -3.56. The Bertz CT molecular complexity index is 1220. The van der Waals surface area contributed by atoms with Crippen molar-refractivity contribution in [1.29, 1.82) is 0 Å². The predicted octanol–water partition coefficient (Wildman–Crippen LogP) is 4.88. The number of piperidine rings is 1. The third-order valence-corrected chi connectivity index (χ3v) is 7.50. The van der Waals surface area contributed by atoms with Crippen LogP contribution in [0.25, 0.3) is 0 Å². The van der Waals surface area contributed by atoms with Crippen molar-refractivity contribution >= 4 is 41.4 Å². The van der Waals surface area contributed by atoms with Gasteiger partial charge in [-0.1, -0.05) is 11.8 Å². The number of nitrogens with zero attached hydrogens (tertiary/aromatic N) is 3. The lowest BCUT2D eigenvalue weighted by Crippen LogP contribution is -2.54. The molecule has 1 atom stereocenters. The van der Waals surface area contributed by atoms with Crippen LogP contribution in [0, 0.1) is 10.1 Å². The number of benzene rings is 1. The van der Waals surface area contributed by atoms with Gasteiger partial charge in [-0.05, 0) is 60.5 Å². The first-order valence-electron chi connectivity index (χ1n) is 12.5. The minimum Gasteiger partial charge on any atom is -0.480 e. The molecule has 0 aliphatic carbocycles. The predicted molar refractivity (Wildman–Crippen MR) is 140 cm³/mol. The summed E-state index contributed by atoms with van der Waals surface area (Å²) < 4.78 is 45.4. The van der Waals surface area contributed by atoms with Gasteiger partial charge in [0.1, 0.15) is 5.60 Å². The molecule has 0 unspecified atom stereocenters. The molecular weight excluding hydrogens is 575 g/mol. The molecule has 1 aliphatic heterocycles. The Kier molecular flexibility index (Phi) is 9.95. The van der Waals surface area contributed by atoms with Crippen molar-refractivity contribution in [2.45, 2.75) is 87.9 Å². The van der Waals surface area contributed by atoms with Crippen molar-refractivity contribution in [3.8, 4) is 0 Å². The zero-order chi connectivity index (χ0) is 31.7. The summed E-state index contributed by atoms with van der Waals surface area (Å²) >= 11 is -0.160. The van der Waals surface area contributed by atoms with E-state index in [0.717, 1.165) is 4.90 Å². The second-order valence-electron chi connectivity index (χ2n) is 10.9. The Morgan fingerprint density at radius 3 is 2.12 bits per heavy atom. The van der Waals surface area contributed by atoms with Gasteiger partial charge in [0.15, 0.2) is 0 Å². The Balaban J connectivity index is 2.64. The van der Waals surface area contributed by atoms with Gasteiger partial charge in [-0.15, -0.1) is 0 Å². The van der Waals surface area contributed by atoms with Crippen LogP contribution in [0.15, 0.2) is 17.0 Å². The molecule has 228 valence electrons. The lowest BCUT2D eigenvalue weighted by molar-refractivity contribution is -0.387. The molecule has 2 rings (SSSR count). The van der Waals surface area contributed by atoms with E-state index in [1.165, 1.54) is 4.90 Å². The zero-order valence-electron chi connectivity index (χ0n) is 23.3. The summed E-state index contributed by atoms with van der Waals surface area (Å²) in [7, 11) is 0. The van der Waals surface area contributed by atoms with E-state index in [4.69, 9.17) is 4.74 Å². The number of carboxylic acids is 2. The molecule has 1 aromatic carbocycles. The highest BCUT2D eigenvalue weighted by molar-refractivity contribution is 8.02. The maximum Gasteiger partial charge on any atom is 0.417 e. The number of thioether (sulfide) groups is 1. The topological polar surface area (TPSA) is 168 Å². The number of carboxylic acid groups (broad SMARTS) is 2. The third kappa shape index (κ3) is 7.80. The van der Waals surface area contributed by atoms with Crippen molar-refractivity contribution in [1.82, 2.24) is 9.80 Å². The molecule has 0 aromatic heterocycles. The highest BCUT2D eigenvalue weighted by Gasteiger charge is 2.47. The molecule has 0 spiro atoms. The van der Waals surface area contributed by atoms with Gasteiger partial charge in [-0.2, -0.15) is 13.2 Å². The summed E-state index contributed by atoms with van der Waals surface area (Å²) in [5, 5.41) is 30.6. The number of hydrogen-bond acceptors (Lipinski definition) is 8. The number of nitro benzene ring substituents is 1. The molecule has 1 saturated heterocycles. The zero-order valence-corrected chi connectivity index (χ0v) is 24.1. The van der Waals surface area contributed by atoms with E-state index in [2.05, 4.69) is 0 Å². The standard InChI is InChI=1S/C25H32F3N3O9S/c1-13(2)30(14-8-7-9-29(12-14)22(37)40-23(3,4)5)19(32)15-10-17(31(38)39)18(11-16(15)25(26,27)28)41-24(6,20(33)34)21(35)36/h10-11,13-14H,7-9,12H2,1-6H3,(H,33,34)(H,35,36)/t14-/m1/s1. The number of rotatable bonds is 8. The molecule has 41 heavy (non-hydrogen) atoms. The first-order valence-corrected chi connectivity index (χ1v) is 13.3. The molecule has 1 aromatic rings. The summed E-state index contributed by atoms with van der Waals surface area (Å²) in [6, 6.07) is -0.823. The minimum absolute atomic E-state index is 0.0498. The average molecular weight is 608 g/mol. The third-order valence-electron chi connectivity index (χ3n) is 6.19. The van der Waals surface area contributed by atoms with Gasteiger partial charge in [-0.3, -0.25) is 24.5 Å². The molecule has 2 N–H and O–H groups in total. The summed E-state index contributed by atoms with van der Waals surface area (Å²) in [6.07, 6.45) is -5.15. The van der Waals surface area contributed by atoms with Crippen LogP contribution >= 0.6 is 11.8 Å². The summed E-state index contributed by atoms with van der Waals surface area (Å²) in [6.45, 7) is 9.01. The maximum absolute atomic E-state index is 14.3. The first-order chi connectivity index (χ1) is 18.6. The molecule has 2 amide bonds. The minimum atomic E-state index is -5.23. The molecule has 0 radical (unpaired) electrons. The number of alkyl halides is 3. The van der Waals surface area contributed by atoms with Crippen LogP contribution in [-0.4, -0.2) is 84.4 Å². The van der Waals surface area contributed by atoms with E-state index in [9.17, 15) is 52.7 Å². The van der Waals surface area contributed by atoms with Gasteiger partial charge < -0.3 is 24.7 Å². The Morgan fingerprint density at radius 1 is 1.12 bits per heavy atom. The average Bonchev–Trinajstić information content (AvgIpc) is 2.81. The fraction of sp³-hybridized carbons (Fsp3) is 0.600. The number of nitro groups is 1. The van der Waals surface area contributed by atoms with Crippen LogP contribution in [0.5, 0.6) is 0 Å². The molecular formula is C25H32F3N3O9S. The number of carbonyl (C=O) groups is 4. The van der Waals surface area contributed by atoms with E-state index in [1.54, 1.807) is 34.6 Å². The maximum atomic E-state index is 14.3. The fourth-order valence-corrected chi connectivity index (χ4v) is 5.27.